The van der Waals surface area contributed by atoms with Gasteiger partial charge in [0.2, 0.25) is 0 Å². The van der Waals surface area contributed by atoms with Crippen molar-refractivity contribution in [1.82, 2.24) is 19.9 Å². The molecule has 10 heteroatoms. The van der Waals surface area contributed by atoms with Gasteiger partial charge in [0.05, 0.1) is 11.6 Å². The van der Waals surface area contributed by atoms with Crippen LogP contribution in [0.15, 0.2) is 18.3 Å². The monoisotopic (exact) mass is 445 g/mol. The number of aromatic nitrogens is 3. The second-order valence-corrected chi connectivity index (χ2v) is 8.59. The van der Waals surface area contributed by atoms with Gasteiger partial charge in [-0.2, -0.15) is 15.2 Å². The molecule has 0 saturated carbocycles. The van der Waals surface area contributed by atoms with Crippen LogP contribution in [0, 0.1) is 11.3 Å². The van der Waals surface area contributed by atoms with Crippen LogP contribution in [-0.2, 0) is 0 Å². The number of alkyl halides is 1. The van der Waals surface area contributed by atoms with Crippen LogP contribution in [0.2, 0.25) is 5.15 Å². The molecule has 2 N–H and O–H groups in total. The summed E-state index contributed by atoms with van der Waals surface area (Å²) in [7, 11) is 1.79. The van der Waals surface area contributed by atoms with Crippen LogP contribution >= 0.6 is 11.6 Å². The lowest BCUT2D eigenvalue weighted by molar-refractivity contribution is 0.107. The summed E-state index contributed by atoms with van der Waals surface area (Å²) in [5.41, 5.74) is 6.64. The molecule has 0 aromatic carbocycles. The fourth-order valence-electron chi connectivity index (χ4n) is 4.64. The molecule has 0 aliphatic carbocycles. The second kappa shape index (κ2) is 8.44. The van der Waals surface area contributed by atoms with Crippen molar-refractivity contribution in [2.24, 2.45) is 0 Å². The van der Waals surface area contributed by atoms with E-state index in [2.05, 4.69) is 25.9 Å². The average Bonchev–Trinajstić information content (AvgIpc) is 3.27. The van der Waals surface area contributed by atoms with E-state index < -0.39 is 6.17 Å². The number of hydrogen-bond donors (Lipinski definition) is 1. The van der Waals surface area contributed by atoms with Gasteiger partial charge in [0.1, 0.15) is 30.2 Å². The molecule has 0 unspecified atom stereocenters. The number of nitrogens with two attached hydrogens (primary N) is 1. The molecule has 8 nitrogen and oxygen atoms in total. The van der Waals surface area contributed by atoms with Gasteiger partial charge in [0.15, 0.2) is 11.0 Å². The van der Waals surface area contributed by atoms with Gasteiger partial charge in [-0.15, -0.1) is 0 Å². The Bertz CT molecular complexity index is 1020. The Balaban J connectivity index is 1.60. The minimum atomic E-state index is -0.846. The van der Waals surface area contributed by atoms with Crippen molar-refractivity contribution in [2.45, 2.75) is 43.9 Å². The molecule has 0 amide bonds. The predicted octanol–water partition coefficient (Wildman–Crippen LogP) is 3.13. The summed E-state index contributed by atoms with van der Waals surface area (Å²) in [6.45, 7) is 3.53. The maximum absolute atomic E-state index is 14.0. The highest BCUT2D eigenvalue weighted by molar-refractivity contribution is 6.30. The van der Waals surface area contributed by atoms with Gasteiger partial charge in [-0.05, 0) is 32.4 Å². The van der Waals surface area contributed by atoms with E-state index in [1.165, 1.54) is 0 Å². The van der Waals surface area contributed by atoms with E-state index in [1.807, 2.05) is 13.0 Å². The lowest BCUT2D eigenvalue weighted by Crippen LogP contribution is -2.43. The van der Waals surface area contributed by atoms with E-state index in [1.54, 1.807) is 24.2 Å². The number of halogens is 2. The Kier molecular flexibility index (Phi) is 5.86. The van der Waals surface area contributed by atoms with Crippen LogP contribution in [0.3, 0.4) is 0 Å². The quantitative estimate of drug-likeness (QED) is 0.676. The van der Waals surface area contributed by atoms with E-state index >= 15 is 0 Å². The average molecular weight is 446 g/mol. The number of rotatable bonds is 6. The molecular weight excluding hydrogens is 421 g/mol. The predicted molar refractivity (Wildman–Crippen MR) is 116 cm³/mol. The minimum Gasteiger partial charge on any atom is -0.461 e. The molecule has 164 valence electrons. The molecule has 4 heterocycles. The summed E-state index contributed by atoms with van der Waals surface area (Å²) in [4.78, 5) is 16.7. The van der Waals surface area contributed by atoms with E-state index in [0.29, 0.717) is 24.6 Å². The third-order valence-corrected chi connectivity index (χ3v) is 6.68. The van der Waals surface area contributed by atoms with Crippen molar-refractivity contribution in [3.63, 3.8) is 0 Å². The van der Waals surface area contributed by atoms with Gasteiger partial charge in [-0.3, -0.25) is 4.90 Å². The molecular formula is C21H25ClFN7O. The molecule has 2 aliphatic rings. The first-order chi connectivity index (χ1) is 14.8. The maximum Gasteiger partial charge on any atom is 0.319 e. The van der Waals surface area contributed by atoms with E-state index in [9.17, 15) is 9.65 Å². The van der Waals surface area contributed by atoms with Crippen molar-refractivity contribution < 1.29 is 9.13 Å². The molecule has 0 spiro atoms. The number of nitrogens with zero attached hydrogens (tertiary/aromatic N) is 6. The summed E-state index contributed by atoms with van der Waals surface area (Å²) in [6, 6.07) is 5.58. The minimum absolute atomic E-state index is 0.0104. The van der Waals surface area contributed by atoms with Crippen molar-refractivity contribution in [3.05, 3.63) is 34.6 Å². The zero-order valence-corrected chi connectivity index (χ0v) is 18.3. The SMILES string of the molecule is C[C@H](c1cccnc1N)N(C)c1nc(OC[C@@]23CCCN2C[C@H](F)C3)nc(Cl)c1C#N. The molecule has 2 saturated heterocycles. The van der Waals surface area contributed by atoms with E-state index in [4.69, 9.17) is 22.1 Å². The molecule has 4 rings (SSSR count). The first kappa shape index (κ1) is 21.5. The second-order valence-electron chi connectivity index (χ2n) is 8.24. The van der Waals surface area contributed by atoms with Gasteiger partial charge in [-0.1, -0.05) is 17.7 Å². The Hall–Kier alpha value is -2.70. The lowest BCUT2D eigenvalue weighted by atomic mass is 9.95. The number of fused-ring (bicyclic) bond motifs is 1. The highest BCUT2D eigenvalue weighted by Gasteiger charge is 2.49. The van der Waals surface area contributed by atoms with Crippen molar-refractivity contribution in [2.75, 3.05) is 37.4 Å². The summed E-state index contributed by atoms with van der Waals surface area (Å²) in [6.07, 6.45) is 3.11. The Morgan fingerprint density at radius 2 is 2.32 bits per heavy atom. The highest BCUT2D eigenvalue weighted by atomic mass is 35.5. The molecule has 2 aromatic rings. The van der Waals surface area contributed by atoms with Gasteiger partial charge >= 0.3 is 6.01 Å². The standard InChI is InChI=1S/C21H25ClFN7O/c1-13(15-5-3-7-26-18(15)25)29(2)19-16(10-24)17(22)27-20(28-19)31-12-21-6-4-8-30(21)11-14(23)9-21/h3,5,7,13-14H,4,6,8-9,11-12H2,1-2H3,(H2,25,26)/t13-,14-,21+/m1/s1. The third kappa shape index (κ3) is 3.98. The van der Waals surface area contributed by atoms with E-state index in [-0.39, 0.29) is 34.9 Å². The van der Waals surface area contributed by atoms with Crippen LogP contribution in [0.5, 0.6) is 6.01 Å². The maximum atomic E-state index is 14.0. The summed E-state index contributed by atoms with van der Waals surface area (Å²) in [5, 5.41) is 9.64. The normalized spacial score (nSPS) is 23.9. The van der Waals surface area contributed by atoms with Crippen LogP contribution in [0.25, 0.3) is 0 Å². The zero-order valence-electron chi connectivity index (χ0n) is 17.6. The first-order valence-corrected chi connectivity index (χ1v) is 10.7. The molecule has 0 bridgehead atoms. The topological polar surface area (TPSA) is 104 Å². The molecule has 31 heavy (non-hydrogen) atoms. The largest absolute Gasteiger partial charge is 0.461 e. The van der Waals surface area contributed by atoms with E-state index in [0.717, 1.165) is 24.9 Å². The molecule has 3 atom stereocenters. The van der Waals surface area contributed by atoms with Crippen LogP contribution in [-0.4, -0.2) is 58.3 Å². The Morgan fingerprint density at radius 3 is 3.06 bits per heavy atom. The van der Waals surface area contributed by atoms with Gasteiger partial charge < -0.3 is 15.4 Å². The summed E-state index contributed by atoms with van der Waals surface area (Å²) in [5.74, 6) is 0.739. The first-order valence-electron chi connectivity index (χ1n) is 10.3. The number of nitriles is 1. The number of ether oxygens (including phenoxy) is 1. The highest BCUT2D eigenvalue weighted by Crippen LogP contribution is 2.40. The molecule has 0 radical (unpaired) electrons. The number of hydrogen-bond acceptors (Lipinski definition) is 8. The van der Waals surface area contributed by atoms with Crippen molar-refractivity contribution >= 4 is 23.2 Å². The van der Waals surface area contributed by atoms with Crippen molar-refractivity contribution in [1.29, 1.82) is 5.26 Å². The van der Waals surface area contributed by atoms with Crippen LogP contribution in [0.1, 0.15) is 43.4 Å². The molecule has 2 aromatic heterocycles. The van der Waals surface area contributed by atoms with Gasteiger partial charge in [0, 0.05) is 31.8 Å². The van der Waals surface area contributed by atoms with Crippen molar-refractivity contribution in [3.8, 4) is 12.1 Å². The fourth-order valence-corrected chi connectivity index (χ4v) is 4.84. The lowest BCUT2D eigenvalue weighted by Gasteiger charge is -2.31. The smallest absolute Gasteiger partial charge is 0.319 e. The number of pyridine rings is 1. The Morgan fingerprint density at radius 1 is 1.52 bits per heavy atom. The Labute approximate surface area is 185 Å². The van der Waals surface area contributed by atoms with Crippen LogP contribution < -0.4 is 15.4 Å². The number of nitrogen functional groups attached to an aromatic ring is 1. The van der Waals surface area contributed by atoms with Crippen LogP contribution in [0.4, 0.5) is 16.0 Å². The van der Waals surface area contributed by atoms with Gasteiger partial charge in [0.25, 0.3) is 0 Å². The summed E-state index contributed by atoms with van der Waals surface area (Å²) < 4.78 is 20.0. The van der Waals surface area contributed by atoms with Gasteiger partial charge in [-0.25, -0.2) is 9.37 Å². The molecule has 2 fully saturated rings. The third-order valence-electron chi connectivity index (χ3n) is 6.40. The fraction of sp³-hybridized carbons (Fsp3) is 0.524. The summed E-state index contributed by atoms with van der Waals surface area (Å²) >= 11 is 6.30. The zero-order chi connectivity index (χ0) is 22.2. The molecule has 2 aliphatic heterocycles. The number of anilines is 2.